The average molecular weight is 413 g/mol. The molecule has 3 rings (SSSR count). The fraction of sp³-hybridized carbons (Fsp3) is 0.364. The minimum atomic E-state index is 0.681. The fourth-order valence-corrected chi connectivity index (χ4v) is 3.50. The average Bonchev–Trinajstić information content (AvgIpc) is 3.45. The zero-order valence-corrected chi connectivity index (χ0v) is 17.8. The van der Waals surface area contributed by atoms with Gasteiger partial charge in [-0.05, 0) is 36.2 Å². The van der Waals surface area contributed by atoms with E-state index in [1.165, 1.54) is 5.56 Å². The van der Waals surface area contributed by atoms with Crippen molar-refractivity contribution in [3.8, 4) is 5.75 Å². The highest BCUT2D eigenvalue weighted by atomic mass is 32.1. The van der Waals surface area contributed by atoms with Crippen molar-refractivity contribution in [3.05, 3.63) is 70.6 Å². The first-order valence-corrected chi connectivity index (χ1v) is 10.7. The van der Waals surface area contributed by atoms with Gasteiger partial charge in [0.05, 0.1) is 18.4 Å². The summed E-state index contributed by atoms with van der Waals surface area (Å²) in [7, 11) is 3.75. The smallest absolute Gasteiger partial charge is 0.193 e. The second kappa shape index (κ2) is 11.3. The van der Waals surface area contributed by atoms with Crippen molar-refractivity contribution in [1.29, 1.82) is 0 Å². The molecule has 0 saturated carbocycles. The van der Waals surface area contributed by atoms with E-state index >= 15 is 0 Å². The Morgan fingerprint density at radius 3 is 2.76 bits per heavy atom. The van der Waals surface area contributed by atoms with Gasteiger partial charge in [0, 0.05) is 51.1 Å². The lowest BCUT2D eigenvalue weighted by Crippen LogP contribution is -2.41. The highest BCUT2D eigenvalue weighted by Crippen LogP contribution is 2.11. The minimum absolute atomic E-state index is 0.681. The van der Waals surface area contributed by atoms with Crippen molar-refractivity contribution >= 4 is 17.3 Å². The molecule has 6 nitrogen and oxygen atoms in total. The summed E-state index contributed by atoms with van der Waals surface area (Å²) in [5.41, 5.74) is 1.26. The number of guanidine groups is 1. The number of nitrogens with one attached hydrogen (secondary N) is 1. The highest BCUT2D eigenvalue weighted by molar-refractivity contribution is 7.09. The van der Waals surface area contributed by atoms with E-state index < -0.39 is 0 Å². The van der Waals surface area contributed by atoms with Crippen LogP contribution in [0.5, 0.6) is 5.75 Å². The van der Waals surface area contributed by atoms with Gasteiger partial charge < -0.3 is 19.4 Å². The molecule has 2 heterocycles. The van der Waals surface area contributed by atoms with E-state index in [-0.39, 0.29) is 0 Å². The molecule has 1 aromatic carbocycles. The summed E-state index contributed by atoms with van der Waals surface area (Å²) in [6.45, 7) is 2.36. The first kappa shape index (κ1) is 20.9. The van der Waals surface area contributed by atoms with Crippen LogP contribution < -0.4 is 10.1 Å². The molecule has 0 unspecified atom stereocenters. The maximum absolute atomic E-state index is 5.41. The Morgan fingerprint density at radius 1 is 1.21 bits per heavy atom. The van der Waals surface area contributed by atoms with Gasteiger partial charge in [0.1, 0.15) is 11.5 Å². The number of aliphatic imine (C=N–C) groups is 1. The van der Waals surface area contributed by atoms with Gasteiger partial charge in [0.15, 0.2) is 5.96 Å². The van der Waals surface area contributed by atoms with Crippen molar-refractivity contribution in [2.24, 2.45) is 4.99 Å². The van der Waals surface area contributed by atoms with Crippen LogP contribution in [0.15, 0.2) is 63.6 Å². The number of furan rings is 1. The van der Waals surface area contributed by atoms with Crippen LogP contribution >= 0.6 is 11.3 Å². The maximum Gasteiger partial charge on any atom is 0.193 e. The van der Waals surface area contributed by atoms with E-state index in [4.69, 9.17) is 14.1 Å². The van der Waals surface area contributed by atoms with Gasteiger partial charge in [-0.15, -0.1) is 11.3 Å². The summed E-state index contributed by atoms with van der Waals surface area (Å²) in [5, 5.41) is 6.66. The van der Waals surface area contributed by atoms with Crippen LogP contribution in [0.2, 0.25) is 0 Å². The van der Waals surface area contributed by atoms with E-state index in [1.807, 2.05) is 35.8 Å². The lowest BCUT2D eigenvalue weighted by Gasteiger charge is -2.22. The molecule has 2 aromatic heterocycles. The molecule has 0 fully saturated rings. The van der Waals surface area contributed by atoms with Crippen LogP contribution in [0.1, 0.15) is 16.3 Å². The Labute approximate surface area is 176 Å². The maximum atomic E-state index is 5.41. The molecule has 154 valence electrons. The van der Waals surface area contributed by atoms with Gasteiger partial charge >= 0.3 is 0 Å². The largest absolute Gasteiger partial charge is 0.497 e. The molecule has 0 bridgehead atoms. The van der Waals surface area contributed by atoms with E-state index in [9.17, 15) is 0 Å². The van der Waals surface area contributed by atoms with Crippen LogP contribution in [0.25, 0.3) is 0 Å². The zero-order valence-electron chi connectivity index (χ0n) is 17.0. The number of likely N-dealkylation sites (N-methyl/N-ethyl adjacent to an activating group) is 1. The SMILES string of the molecule is COc1ccc(CCNC(=NCCc2ccco2)N(C)CCc2nccs2)cc1. The Morgan fingerprint density at radius 2 is 2.07 bits per heavy atom. The summed E-state index contributed by atoms with van der Waals surface area (Å²) in [6, 6.07) is 12.1. The number of hydrogen-bond donors (Lipinski definition) is 1. The monoisotopic (exact) mass is 412 g/mol. The molecule has 29 heavy (non-hydrogen) atoms. The molecule has 7 heteroatoms. The third kappa shape index (κ3) is 6.94. The molecule has 1 N–H and O–H groups in total. The number of benzene rings is 1. The van der Waals surface area contributed by atoms with Crippen LogP contribution in [-0.2, 0) is 19.3 Å². The lowest BCUT2D eigenvalue weighted by atomic mass is 10.1. The van der Waals surface area contributed by atoms with Gasteiger partial charge in [-0.1, -0.05) is 12.1 Å². The van der Waals surface area contributed by atoms with E-state index in [2.05, 4.69) is 34.4 Å². The Bertz CT molecular complexity index is 846. The molecule has 0 amide bonds. The number of thiazole rings is 1. The van der Waals surface area contributed by atoms with Crippen molar-refractivity contribution in [2.75, 3.05) is 33.8 Å². The van der Waals surface area contributed by atoms with Crippen molar-refractivity contribution in [1.82, 2.24) is 15.2 Å². The predicted octanol–water partition coefficient (Wildman–Crippen LogP) is 3.65. The molecule has 0 aliphatic rings. The molecular formula is C22H28N4O2S. The van der Waals surface area contributed by atoms with Gasteiger partial charge in [0.25, 0.3) is 0 Å². The van der Waals surface area contributed by atoms with E-state index in [0.29, 0.717) is 6.54 Å². The molecule has 0 aliphatic heterocycles. The number of hydrogen-bond acceptors (Lipinski definition) is 5. The van der Waals surface area contributed by atoms with Gasteiger partial charge in [-0.2, -0.15) is 0 Å². The molecule has 0 saturated heterocycles. The van der Waals surface area contributed by atoms with Crippen molar-refractivity contribution in [3.63, 3.8) is 0 Å². The summed E-state index contributed by atoms with van der Waals surface area (Å²) >= 11 is 1.69. The Kier molecular flexibility index (Phi) is 8.12. The Hall–Kier alpha value is -2.80. The number of nitrogens with zero attached hydrogens (tertiary/aromatic N) is 3. The van der Waals surface area contributed by atoms with E-state index in [1.54, 1.807) is 24.7 Å². The van der Waals surface area contributed by atoms with E-state index in [0.717, 1.165) is 54.8 Å². The third-order valence-electron chi connectivity index (χ3n) is 4.56. The summed E-state index contributed by atoms with van der Waals surface area (Å²) in [5.74, 6) is 2.74. The lowest BCUT2D eigenvalue weighted by molar-refractivity contribution is 0.414. The van der Waals surface area contributed by atoms with Gasteiger partial charge in [-0.3, -0.25) is 4.99 Å². The van der Waals surface area contributed by atoms with Crippen molar-refractivity contribution < 1.29 is 9.15 Å². The second-order valence-corrected chi connectivity index (χ2v) is 7.64. The molecule has 0 spiro atoms. The van der Waals surface area contributed by atoms with Gasteiger partial charge in [-0.25, -0.2) is 4.98 Å². The summed E-state index contributed by atoms with van der Waals surface area (Å²) < 4.78 is 10.6. The van der Waals surface area contributed by atoms with Crippen molar-refractivity contribution in [2.45, 2.75) is 19.3 Å². The van der Waals surface area contributed by atoms with Crippen LogP contribution in [0.4, 0.5) is 0 Å². The molecule has 0 aliphatic carbocycles. The fourth-order valence-electron chi connectivity index (χ4n) is 2.89. The number of ether oxygens (including phenoxy) is 1. The molecular weight excluding hydrogens is 384 g/mol. The topological polar surface area (TPSA) is 62.9 Å². The quantitative estimate of drug-likeness (QED) is 0.407. The summed E-state index contributed by atoms with van der Waals surface area (Å²) in [4.78, 5) is 11.3. The third-order valence-corrected chi connectivity index (χ3v) is 5.40. The van der Waals surface area contributed by atoms with Crippen LogP contribution in [0.3, 0.4) is 0 Å². The number of aromatic nitrogens is 1. The van der Waals surface area contributed by atoms with Crippen LogP contribution in [-0.4, -0.2) is 49.6 Å². The van der Waals surface area contributed by atoms with Crippen LogP contribution in [0, 0.1) is 0 Å². The number of methoxy groups -OCH3 is 1. The second-order valence-electron chi connectivity index (χ2n) is 6.66. The van der Waals surface area contributed by atoms with Gasteiger partial charge in [0.2, 0.25) is 0 Å². The normalized spacial score (nSPS) is 11.4. The minimum Gasteiger partial charge on any atom is -0.497 e. The summed E-state index contributed by atoms with van der Waals surface area (Å²) in [6.07, 6.45) is 6.17. The zero-order chi connectivity index (χ0) is 20.3. The molecule has 3 aromatic rings. The molecule has 0 radical (unpaired) electrons. The standard InChI is InChI=1S/C22H28N4O2S/c1-26(15-11-21-23-14-17-29-21)22(25-13-10-20-4-3-16-28-20)24-12-9-18-5-7-19(27-2)8-6-18/h3-8,14,16-17H,9-13,15H2,1-2H3,(H,24,25). The first-order valence-electron chi connectivity index (χ1n) is 9.77. The molecule has 0 atom stereocenters. The Balaban J connectivity index is 1.54. The number of rotatable bonds is 10. The highest BCUT2D eigenvalue weighted by Gasteiger charge is 2.08. The first-order chi connectivity index (χ1) is 14.2. The predicted molar refractivity (Wildman–Crippen MR) is 118 cm³/mol.